The van der Waals surface area contributed by atoms with E-state index in [9.17, 15) is 0 Å². The summed E-state index contributed by atoms with van der Waals surface area (Å²) < 4.78 is 0. The number of aromatic nitrogens is 2. The molecule has 1 fully saturated rings. The van der Waals surface area contributed by atoms with Gasteiger partial charge in [-0.1, -0.05) is 53.7 Å². The molecule has 1 aromatic heterocycles. The van der Waals surface area contributed by atoms with Crippen LogP contribution < -0.4 is 0 Å². The van der Waals surface area contributed by atoms with Gasteiger partial charge in [-0.3, -0.25) is 0 Å². The molecule has 2 heterocycles. The normalized spacial score (nSPS) is 20.3. The first kappa shape index (κ1) is 19.9. The third-order valence-electron chi connectivity index (χ3n) is 4.38. The van der Waals surface area contributed by atoms with E-state index >= 15 is 0 Å². The van der Waals surface area contributed by atoms with Crippen LogP contribution in [0, 0.1) is 19.8 Å². The average molecular weight is 396 g/mol. The molecule has 1 aromatic carbocycles. The highest BCUT2D eigenvalue weighted by molar-refractivity contribution is 8.17. The van der Waals surface area contributed by atoms with Crippen molar-refractivity contribution < 1.29 is 0 Å². The van der Waals surface area contributed by atoms with Crippen molar-refractivity contribution in [3.05, 3.63) is 69.2 Å². The highest BCUT2D eigenvalue weighted by atomic mass is 32.2. The number of aryl methyl sites for hydroxylation is 2. The average Bonchev–Trinajstić information content (AvgIpc) is 2.62. The van der Waals surface area contributed by atoms with E-state index in [0.29, 0.717) is 5.92 Å². The Hall–Kier alpha value is -1.85. The Bertz CT molecular complexity index is 907. The standard InChI is InChI=1S/C22H25N3S2/c1-14(2)20-12-16(4)19(13-26-22-23-11-10-17(5)24-22)21(27-20)25-18-8-6-15(3)7-9-18/h6-11,13,16H,12H2,1-5H3/b19-13+,25-21?. The highest BCUT2D eigenvalue weighted by Crippen LogP contribution is 2.42. The summed E-state index contributed by atoms with van der Waals surface area (Å²) in [5.41, 5.74) is 5.86. The van der Waals surface area contributed by atoms with Crippen molar-refractivity contribution >= 4 is 34.3 Å². The number of benzene rings is 1. The predicted octanol–water partition coefficient (Wildman–Crippen LogP) is 6.87. The van der Waals surface area contributed by atoms with E-state index in [0.717, 1.165) is 28.0 Å². The summed E-state index contributed by atoms with van der Waals surface area (Å²) in [5, 5.41) is 4.04. The maximum absolute atomic E-state index is 4.98. The van der Waals surface area contributed by atoms with Crippen molar-refractivity contribution in [2.24, 2.45) is 10.9 Å². The number of hydrogen-bond acceptors (Lipinski definition) is 5. The molecule has 5 heteroatoms. The first-order valence-electron chi connectivity index (χ1n) is 9.08. The van der Waals surface area contributed by atoms with E-state index in [-0.39, 0.29) is 0 Å². The Morgan fingerprint density at radius 1 is 1.19 bits per heavy atom. The van der Waals surface area contributed by atoms with Crippen LogP contribution in [0.5, 0.6) is 0 Å². The van der Waals surface area contributed by atoms with Crippen LogP contribution in [0.4, 0.5) is 5.69 Å². The monoisotopic (exact) mass is 395 g/mol. The molecule has 0 bridgehead atoms. The molecule has 1 aliphatic rings. The van der Waals surface area contributed by atoms with Gasteiger partial charge in [0.2, 0.25) is 0 Å². The lowest BCUT2D eigenvalue weighted by molar-refractivity contribution is 0.710. The summed E-state index contributed by atoms with van der Waals surface area (Å²) >= 11 is 3.37. The molecule has 0 spiro atoms. The maximum Gasteiger partial charge on any atom is 0.192 e. The van der Waals surface area contributed by atoms with Gasteiger partial charge in [0.1, 0.15) is 5.04 Å². The lowest BCUT2D eigenvalue weighted by Crippen LogP contribution is -2.15. The first-order chi connectivity index (χ1) is 12.9. The van der Waals surface area contributed by atoms with Gasteiger partial charge in [-0.2, -0.15) is 0 Å². The van der Waals surface area contributed by atoms with E-state index in [1.807, 2.05) is 19.2 Å². The van der Waals surface area contributed by atoms with Crippen LogP contribution in [0.1, 0.15) is 38.4 Å². The minimum Gasteiger partial charge on any atom is -0.241 e. The van der Waals surface area contributed by atoms with Crippen LogP contribution in [-0.2, 0) is 0 Å². The molecule has 0 N–H and O–H groups in total. The topological polar surface area (TPSA) is 38.1 Å². The van der Waals surface area contributed by atoms with Gasteiger partial charge in [0.15, 0.2) is 5.16 Å². The molecule has 27 heavy (non-hydrogen) atoms. The number of allylic oxidation sites excluding steroid dienone is 2. The number of aliphatic imine (C=N–C) groups is 1. The molecule has 3 rings (SSSR count). The van der Waals surface area contributed by atoms with Crippen molar-refractivity contribution in [3.8, 4) is 0 Å². The number of thioether (sulfide) groups is 2. The van der Waals surface area contributed by atoms with Gasteiger partial charge >= 0.3 is 0 Å². The molecule has 140 valence electrons. The molecule has 1 aliphatic heterocycles. The smallest absolute Gasteiger partial charge is 0.192 e. The first-order valence-corrected chi connectivity index (χ1v) is 10.8. The van der Waals surface area contributed by atoms with Crippen molar-refractivity contribution in [3.63, 3.8) is 0 Å². The van der Waals surface area contributed by atoms with Gasteiger partial charge in [0, 0.05) is 11.9 Å². The van der Waals surface area contributed by atoms with Crippen molar-refractivity contribution in [1.29, 1.82) is 0 Å². The molecule has 1 saturated heterocycles. The zero-order valence-electron chi connectivity index (χ0n) is 16.5. The highest BCUT2D eigenvalue weighted by Gasteiger charge is 2.25. The van der Waals surface area contributed by atoms with E-state index in [1.54, 1.807) is 23.5 Å². The van der Waals surface area contributed by atoms with Crippen molar-refractivity contribution in [1.82, 2.24) is 9.97 Å². The van der Waals surface area contributed by atoms with Crippen LogP contribution in [0.2, 0.25) is 0 Å². The van der Waals surface area contributed by atoms with E-state index in [4.69, 9.17) is 4.99 Å². The summed E-state index contributed by atoms with van der Waals surface area (Å²) in [6.07, 6.45) is 2.87. The molecule has 1 atom stereocenters. The maximum atomic E-state index is 4.98. The van der Waals surface area contributed by atoms with Gasteiger partial charge in [0.25, 0.3) is 0 Å². The number of hydrogen-bond donors (Lipinski definition) is 0. The second-order valence-corrected chi connectivity index (χ2v) is 8.97. The fraction of sp³-hybridized carbons (Fsp3) is 0.318. The summed E-state index contributed by atoms with van der Waals surface area (Å²) in [7, 11) is 0. The second kappa shape index (κ2) is 8.89. The summed E-state index contributed by atoms with van der Waals surface area (Å²) in [5.74, 6) is 0.414. The van der Waals surface area contributed by atoms with Gasteiger partial charge in [0.05, 0.1) is 5.69 Å². The summed E-state index contributed by atoms with van der Waals surface area (Å²) in [6, 6.07) is 10.3. The third kappa shape index (κ3) is 5.33. The summed E-state index contributed by atoms with van der Waals surface area (Å²) in [4.78, 5) is 15.3. The van der Waals surface area contributed by atoms with Crippen LogP contribution in [0.15, 0.2) is 68.1 Å². The molecule has 0 aliphatic carbocycles. The minimum absolute atomic E-state index is 0.414. The number of rotatable bonds is 3. The summed E-state index contributed by atoms with van der Waals surface area (Å²) in [6.45, 7) is 10.7. The van der Waals surface area contributed by atoms with Crippen LogP contribution >= 0.6 is 23.5 Å². The Kier molecular flexibility index (Phi) is 6.55. The third-order valence-corrected chi connectivity index (χ3v) is 6.50. The lowest BCUT2D eigenvalue weighted by atomic mass is 9.97. The fourth-order valence-corrected chi connectivity index (χ4v) is 4.98. The van der Waals surface area contributed by atoms with Gasteiger partial charge in [-0.05, 0) is 74.1 Å². The quantitative estimate of drug-likeness (QED) is 0.420. The van der Waals surface area contributed by atoms with E-state index in [2.05, 4.69) is 67.3 Å². The van der Waals surface area contributed by atoms with Gasteiger partial charge < -0.3 is 0 Å². The Labute approximate surface area is 170 Å². The fourth-order valence-electron chi connectivity index (χ4n) is 2.71. The van der Waals surface area contributed by atoms with E-state index in [1.165, 1.54) is 21.6 Å². The van der Waals surface area contributed by atoms with Crippen molar-refractivity contribution in [2.75, 3.05) is 0 Å². The lowest BCUT2D eigenvalue weighted by Gasteiger charge is -2.26. The van der Waals surface area contributed by atoms with Crippen LogP contribution in [0.3, 0.4) is 0 Å². The second-order valence-electron chi connectivity index (χ2n) is 7.05. The minimum atomic E-state index is 0.414. The Morgan fingerprint density at radius 3 is 2.59 bits per heavy atom. The molecular formula is C22H25N3S2. The van der Waals surface area contributed by atoms with Crippen LogP contribution in [0.25, 0.3) is 0 Å². The SMILES string of the molecule is CC(C)=C1CC(C)/C(=C\Sc2nccc(C)n2)C(=Nc2ccc(C)cc2)S1. The van der Waals surface area contributed by atoms with Crippen molar-refractivity contribution in [2.45, 2.75) is 46.2 Å². The van der Waals surface area contributed by atoms with E-state index < -0.39 is 0 Å². The molecule has 0 amide bonds. The zero-order valence-corrected chi connectivity index (χ0v) is 18.1. The molecular weight excluding hydrogens is 370 g/mol. The molecule has 3 nitrogen and oxygen atoms in total. The van der Waals surface area contributed by atoms with Gasteiger partial charge in [-0.25, -0.2) is 15.0 Å². The molecule has 0 saturated carbocycles. The Balaban J connectivity index is 1.96. The Morgan fingerprint density at radius 2 is 1.93 bits per heavy atom. The molecule has 1 unspecified atom stereocenters. The van der Waals surface area contributed by atoms with Crippen LogP contribution in [-0.4, -0.2) is 15.0 Å². The molecule has 2 aromatic rings. The number of nitrogens with zero attached hydrogens (tertiary/aromatic N) is 3. The molecule has 0 radical (unpaired) electrons. The predicted molar refractivity (Wildman–Crippen MR) is 119 cm³/mol. The largest absolute Gasteiger partial charge is 0.241 e. The zero-order chi connectivity index (χ0) is 19.4. The van der Waals surface area contributed by atoms with Gasteiger partial charge in [-0.15, -0.1) is 0 Å².